The molecule has 1 amide bonds. The Balaban J connectivity index is 2.04. The Morgan fingerprint density at radius 3 is 3.05 bits per heavy atom. The van der Waals surface area contributed by atoms with E-state index in [2.05, 4.69) is 20.8 Å². The Morgan fingerprint density at radius 1 is 1.45 bits per heavy atom. The van der Waals surface area contributed by atoms with Crippen LogP contribution in [0.1, 0.15) is 32.0 Å². The van der Waals surface area contributed by atoms with E-state index in [0.29, 0.717) is 17.9 Å². The van der Waals surface area contributed by atoms with E-state index in [-0.39, 0.29) is 18.3 Å². The van der Waals surface area contributed by atoms with Crippen molar-refractivity contribution in [1.29, 1.82) is 0 Å². The van der Waals surface area contributed by atoms with E-state index in [4.69, 9.17) is 0 Å². The number of tetrazole rings is 1. The summed E-state index contributed by atoms with van der Waals surface area (Å²) in [4.78, 5) is 11.6. The van der Waals surface area contributed by atoms with Gasteiger partial charge in [-0.3, -0.25) is 4.79 Å². The largest absolute Gasteiger partial charge is 0.349 e. The topological polar surface area (TPSA) is 72.7 Å². The molecule has 0 bridgehead atoms. The smallest absolute Gasteiger partial charge is 0.220 e. The Morgan fingerprint density at radius 2 is 2.30 bits per heavy atom. The van der Waals surface area contributed by atoms with Gasteiger partial charge < -0.3 is 5.32 Å². The Hall–Kier alpha value is -2.31. The summed E-state index contributed by atoms with van der Waals surface area (Å²) < 4.78 is 14.6. The highest BCUT2D eigenvalue weighted by molar-refractivity contribution is 5.75. The van der Waals surface area contributed by atoms with E-state index in [1.54, 1.807) is 12.1 Å². The normalized spacial score (nSPS) is 10.5. The van der Waals surface area contributed by atoms with Crippen molar-refractivity contribution < 1.29 is 9.18 Å². The fourth-order valence-corrected chi connectivity index (χ4v) is 1.73. The Labute approximate surface area is 116 Å². The van der Waals surface area contributed by atoms with E-state index in [0.717, 1.165) is 12.8 Å². The van der Waals surface area contributed by atoms with Gasteiger partial charge in [0.2, 0.25) is 5.91 Å². The van der Waals surface area contributed by atoms with Crippen LogP contribution in [0.15, 0.2) is 24.3 Å². The molecule has 0 saturated heterocycles. The van der Waals surface area contributed by atoms with Crippen LogP contribution in [0.5, 0.6) is 0 Å². The molecule has 0 atom stereocenters. The van der Waals surface area contributed by atoms with Gasteiger partial charge in [0.15, 0.2) is 5.82 Å². The zero-order valence-electron chi connectivity index (χ0n) is 11.2. The minimum atomic E-state index is -0.365. The lowest BCUT2D eigenvalue weighted by molar-refractivity contribution is -0.121. The van der Waals surface area contributed by atoms with E-state index in [1.807, 2.05) is 6.92 Å². The Bertz CT molecular complexity index is 584. The zero-order chi connectivity index (χ0) is 14.4. The predicted molar refractivity (Wildman–Crippen MR) is 70.5 cm³/mol. The van der Waals surface area contributed by atoms with Crippen LogP contribution in [0.4, 0.5) is 4.39 Å². The molecule has 2 aromatic rings. The minimum absolute atomic E-state index is 0.0411. The predicted octanol–water partition coefficient (Wildman–Crippen LogP) is 1.61. The molecule has 0 unspecified atom stereocenters. The maximum Gasteiger partial charge on any atom is 0.220 e. The molecular weight excluding hydrogens is 261 g/mol. The molecule has 0 saturated carbocycles. The van der Waals surface area contributed by atoms with Crippen LogP contribution in [0.3, 0.4) is 0 Å². The monoisotopic (exact) mass is 277 g/mol. The second-order valence-corrected chi connectivity index (χ2v) is 4.37. The van der Waals surface area contributed by atoms with Crippen LogP contribution in [0.25, 0.3) is 5.69 Å². The SMILES string of the molecule is CCCCC(=O)NCc1nnnn1-c1cccc(F)c1. The van der Waals surface area contributed by atoms with E-state index >= 15 is 0 Å². The van der Waals surface area contributed by atoms with Crippen LogP contribution in [0.2, 0.25) is 0 Å². The third-order valence-corrected chi connectivity index (χ3v) is 2.79. The molecule has 0 radical (unpaired) electrons. The standard InChI is InChI=1S/C13H16FN5O/c1-2-3-7-13(20)15-9-12-16-17-18-19(12)11-6-4-5-10(14)8-11/h4-6,8H,2-3,7,9H2,1H3,(H,15,20). The molecule has 20 heavy (non-hydrogen) atoms. The van der Waals surface area contributed by atoms with Crippen molar-refractivity contribution in [2.45, 2.75) is 32.7 Å². The lowest BCUT2D eigenvalue weighted by atomic mass is 10.2. The van der Waals surface area contributed by atoms with Gasteiger partial charge in [0, 0.05) is 6.42 Å². The number of nitrogens with one attached hydrogen (secondary N) is 1. The maximum atomic E-state index is 13.2. The fraction of sp³-hybridized carbons (Fsp3) is 0.385. The first-order chi connectivity index (χ1) is 9.70. The second kappa shape index (κ2) is 6.74. The van der Waals surface area contributed by atoms with Gasteiger partial charge in [-0.1, -0.05) is 19.4 Å². The summed E-state index contributed by atoms with van der Waals surface area (Å²) in [5, 5.41) is 14.0. The number of hydrogen-bond acceptors (Lipinski definition) is 4. The van der Waals surface area contributed by atoms with Gasteiger partial charge in [-0.05, 0) is 35.0 Å². The average Bonchev–Trinajstić information content (AvgIpc) is 2.91. The molecule has 0 aliphatic carbocycles. The number of halogens is 1. The van der Waals surface area contributed by atoms with E-state index < -0.39 is 0 Å². The quantitative estimate of drug-likeness (QED) is 0.870. The zero-order valence-corrected chi connectivity index (χ0v) is 11.2. The molecule has 0 aliphatic rings. The first-order valence-electron chi connectivity index (χ1n) is 6.50. The molecule has 7 heteroatoms. The number of carbonyl (C=O) groups excluding carboxylic acids is 1. The van der Waals surface area contributed by atoms with Gasteiger partial charge in [0.05, 0.1) is 12.2 Å². The fourth-order valence-electron chi connectivity index (χ4n) is 1.73. The van der Waals surface area contributed by atoms with Crippen LogP contribution in [-0.2, 0) is 11.3 Å². The number of benzene rings is 1. The third-order valence-electron chi connectivity index (χ3n) is 2.79. The summed E-state index contributed by atoms with van der Waals surface area (Å²) in [5.41, 5.74) is 0.521. The van der Waals surface area contributed by atoms with Crippen LogP contribution in [0, 0.1) is 5.82 Å². The van der Waals surface area contributed by atoms with Gasteiger partial charge in [-0.15, -0.1) is 5.10 Å². The highest BCUT2D eigenvalue weighted by Crippen LogP contribution is 2.09. The number of nitrogens with zero attached hydrogens (tertiary/aromatic N) is 4. The van der Waals surface area contributed by atoms with E-state index in [1.165, 1.54) is 16.8 Å². The van der Waals surface area contributed by atoms with Crippen molar-refractivity contribution in [2.24, 2.45) is 0 Å². The Kier molecular flexibility index (Phi) is 4.75. The molecule has 0 fully saturated rings. The molecule has 2 rings (SSSR count). The third kappa shape index (κ3) is 3.59. The number of amides is 1. The molecular formula is C13H16FN5O. The average molecular weight is 277 g/mol. The molecule has 1 N–H and O–H groups in total. The molecule has 6 nitrogen and oxygen atoms in total. The van der Waals surface area contributed by atoms with Crippen molar-refractivity contribution in [3.8, 4) is 5.69 Å². The summed E-state index contributed by atoms with van der Waals surface area (Å²) in [7, 11) is 0. The summed E-state index contributed by atoms with van der Waals surface area (Å²) in [6, 6.07) is 5.95. The van der Waals surface area contributed by atoms with Gasteiger partial charge in [0.25, 0.3) is 0 Å². The number of carbonyl (C=O) groups is 1. The molecule has 1 aromatic heterocycles. The second-order valence-electron chi connectivity index (χ2n) is 4.37. The van der Waals surface area contributed by atoms with Crippen LogP contribution in [-0.4, -0.2) is 26.1 Å². The molecule has 0 spiro atoms. The molecule has 0 aliphatic heterocycles. The van der Waals surface area contributed by atoms with E-state index in [9.17, 15) is 9.18 Å². The van der Waals surface area contributed by atoms with Gasteiger partial charge in [-0.2, -0.15) is 4.68 Å². The highest BCUT2D eigenvalue weighted by atomic mass is 19.1. The van der Waals surface area contributed by atoms with Gasteiger partial charge in [0.1, 0.15) is 5.82 Å². The number of rotatable bonds is 6. The first-order valence-corrected chi connectivity index (χ1v) is 6.50. The minimum Gasteiger partial charge on any atom is -0.349 e. The number of unbranched alkanes of at least 4 members (excludes halogenated alkanes) is 1. The summed E-state index contributed by atoms with van der Waals surface area (Å²) in [5.74, 6) is 0.0528. The first kappa shape index (κ1) is 14.1. The van der Waals surface area contributed by atoms with Crippen LogP contribution >= 0.6 is 0 Å². The lowest BCUT2D eigenvalue weighted by Crippen LogP contribution is -2.24. The van der Waals surface area contributed by atoms with Crippen molar-refractivity contribution in [1.82, 2.24) is 25.5 Å². The maximum absolute atomic E-state index is 13.2. The van der Waals surface area contributed by atoms with Crippen LogP contribution < -0.4 is 5.32 Å². The van der Waals surface area contributed by atoms with Gasteiger partial charge >= 0.3 is 0 Å². The molecule has 106 valence electrons. The molecule has 1 aromatic carbocycles. The summed E-state index contributed by atoms with van der Waals surface area (Å²) in [6.07, 6.45) is 2.30. The number of hydrogen-bond donors (Lipinski definition) is 1. The lowest BCUT2D eigenvalue weighted by Gasteiger charge is -2.06. The molecule has 1 heterocycles. The number of aromatic nitrogens is 4. The van der Waals surface area contributed by atoms with Crippen molar-refractivity contribution >= 4 is 5.91 Å². The van der Waals surface area contributed by atoms with Crippen molar-refractivity contribution in [3.63, 3.8) is 0 Å². The van der Waals surface area contributed by atoms with Crippen molar-refractivity contribution in [3.05, 3.63) is 35.9 Å². The summed E-state index contributed by atoms with van der Waals surface area (Å²) in [6.45, 7) is 2.24. The highest BCUT2D eigenvalue weighted by Gasteiger charge is 2.10. The van der Waals surface area contributed by atoms with Crippen molar-refractivity contribution in [2.75, 3.05) is 0 Å². The summed E-state index contributed by atoms with van der Waals surface area (Å²) >= 11 is 0. The van der Waals surface area contributed by atoms with Gasteiger partial charge in [-0.25, -0.2) is 4.39 Å².